The fraction of sp³-hybridized carbons (Fsp3) is 0.412. The third-order valence-corrected chi connectivity index (χ3v) is 4.37. The molecule has 0 spiro atoms. The second-order valence-electron chi connectivity index (χ2n) is 5.77. The van der Waals surface area contributed by atoms with E-state index in [1.54, 1.807) is 22.8 Å². The third-order valence-electron chi connectivity index (χ3n) is 3.41. The molecular formula is C17H22N4O3S. The fourth-order valence-corrected chi connectivity index (χ4v) is 3.19. The lowest BCUT2D eigenvalue weighted by Gasteiger charge is -2.16. The summed E-state index contributed by atoms with van der Waals surface area (Å²) in [4.78, 5) is 40.6. The van der Waals surface area contributed by atoms with E-state index in [1.807, 2.05) is 26.8 Å². The molecule has 0 bridgehead atoms. The molecule has 0 atom stereocenters. The number of amides is 3. The van der Waals surface area contributed by atoms with Crippen LogP contribution in [-0.4, -0.2) is 33.8 Å². The zero-order valence-electron chi connectivity index (χ0n) is 14.5. The van der Waals surface area contributed by atoms with Gasteiger partial charge in [-0.05, 0) is 32.4 Å². The number of hydrogen-bond donors (Lipinski definition) is 2. The van der Waals surface area contributed by atoms with Crippen molar-refractivity contribution >= 4 is 34.6 Å². The molecule has 0 saturated heterocycles. The summed E-state index contributed by atoms with van der Waals surface area (Å²) in [5.74, 6) is -0.437. The summed E-state index contributed by atoms with van der Waals surface area (Å²) < 4.78 is 1.57. The highest BCUT2D eigenvalue weighted by Gasteiger charge is 2.15. The first-order chi connectivity index (χ1) is 11.9. The number of para-hydroxylation sites is 1. The van der Waals surface area contributed by atoms with Crippen LogP contribution in [0.2, 0.25) is 0 Å². The van der Waals surface area contributed by atoms with Crippen molar-refractivity contribution in [1.82, 2.24) is 20.2 Å². The quantitative estimate of drug-likeness (QED) is 0.608. The summed E-state index contributed by atoms with van der Waals surface area (Å²) in [7, 11) is 0. The zero-order chi connectivity index (χ0) is 18.4. The highest BCUT2D eigenvalue weighted by Crippen LogP contribution is 2.20. The Bertz CT molecular complexity index is 832. The lowest BCUT2D eigenvalue weighted by Crippen LogP contribution is -2.40. The molecule has 0 unspecified atom stereocenters. The molecule has 1 aromatic heterocycles. The van der Waals surface area contributed by atoms with Crippen molar-refractivity contribution in [3.8, 4) is 0 Å². The van der Waals surface area contributed by atoms with Crippen LogP contribution in [0.1, 0.15) is 33.2 Å². The van der Waals surface area contributed by atoms with E-state index in [1.165, 1.54) is 0 Å². The van der Waals surface area contributed by atoms with E-state index in [2.05, 4.69) is 15.6 Å². The third kappa shape index (κ3) is 4.82. The molecule has 2 N–H and O–H groups in total. The number of nitrogens with one attached hydrogen (secondary N) is 2. The van der Waals surface area contributed by atoms with Gasteiger partial charge in [-0.1, -0.05) is 30.8 Å². The minimum atomic E-state index is -0.514. The maximum absolute atomic E-state index is 12.7. The van der Waals surface area contributed by atoms with Gasteiger partial charge in [0.05, 0.1) is 16.7 Å². The Morgan fingerprint density at radius 3 is 2.68 bits per heavy atom. The Labute approximate surface area is 150 Å². The molecule has 25 heavy (non-hydrogen) atoms. The van der Waals surface area contributed by atoms with E-state index in [-0.39, 0.29) is 17.4 Å². The molecule has 0 radical (unpaired) electrons. The first-order valence-electron chi connectivity index (χ1n) is 8.15. The van der Waals surface area contributed by atoms with Crippen LogP contribution in [0.15, 0.2) is 34.2 Å². The number of rotatable bonds is 6. The predicted octanol–water partition coefficient (Wildman–Crippen LogP) is 2.31. The van der Waals surface area contributed by atoms with Crippen LogP contribution in [0.3, 0.4) is 0 Å². The van der Waals surface area contributed by atoms with Crippen molar-refractivity contribution in [3.05, 3.63) is 34.6 Å². The van der Waals surface area contributed by atoms with Crippen LogP contribution in [0.25, 0.3) is 10.9 Å². The van der Waals surface area contributed by atoms with Crippen LogP contribution in [0.4, 0.5) is 4.79 Å². The number of carbonyl (C=O) groups is 2. The number of nitrogens with zero attached hydrogens (tertiary/aromatic N) is 2. The molecule has 0 aliphatic rings. The minimum absolute atomic E-state index is 0.00293. The van der Waals surface area contributed by atoms with Crippen molar-refractivity contribution in [2.24, 2.45) is 0 Å². The van der Waals surface area contributed by atoms with Crippen molar-refractivity contribution in [2.45, 2.75) is 38.4 Å². The molecule has 8 heteroatoms. The minimum Gasteiger partial charge on any atom is -0.338 e. The van der Waals surface area contributed by atoms with Gasteiger partial charge >= 0.3 is 6.03 Å². The van der Waals surface area contributed by atoms with Crippen LogP contribution in [-0.2, 0) is 4.79 Å². The van der Waals surface area contributed by atoms with Crippen molar-refractivity contribution in [1.29, 1.82) is 0 Å². The standard InChI is InChI=1S/C17H22N4O3S/c1-4-9-18-16(24)20-14(22)10-25-17-19-13-8-6-5-7-12(13)15(23)21(17)11(2)3/h5-8,11H,4,9-10H2,1-3H3,(H2,18,20,22,24). The first kappa shape index (κ1) is 19.0. The molecule has 0 aliphatic heterocycles. The van der Waals surface area contributed by atoms with Gasteiger partial charge in [0.1, 0.15) is 0 Å². The van der Waals surface area contributed by atoms with Gasteiger partial charge in [0.2, 0.25) is 5.91 Å². The average Bonchev–Trinajstić information content (AvgIpc) is 2.57. The summed E-state index contributed by atoms with van der Waals surface area (Å²) in [6, 6.07) is 6.51. The van der Waals surface area contributed by atoms with E-state index in [4.69, 9.17) is 0 Å². The number of thioether (sulfide) groups is 1. The average molecular weight is 362 g/mol. The topological polar surface area (TPSA) is 93.1 Å². The van der Waals surface area contributed by atoms with E-state index in [9.17, 15) is 14.4 Å². The van der Waals surface area contributed by atoms with Gasteiger partial charge in [-0.3, -0.25) is 19.5 Å². The van der Waals surface area contributed by atoms with Crippen molar-refractivity contribution < 1.29 is 9.59 Å². The van der Waals surface area contributed by atoms with Gasteiger partial charge < -0.3 is 5.32 Å². The van der Waals surface area contributed by atoms with Gasteiger partial charge in [-0.15, -0.1) is 0 Å². The molecule has 2 rings (SSSR count). The second-order valence-corrected chi connectivity index (χ2v) is 6.72. The fourth-order valence-electron chi connectivity index (χ4n) is 2.26. The first-order valence-corrected chi connectivity index (χ1v) is 9.14. The summed E-state index contributed by atoms with van der Waals surface area (Å²) in [5.41, 5.74) is 0.456. The monoisotopic (exact) mass is 362 g/mol. The molecule has 0 aliphatic carbocycles. The Morgan fingerprint density at radius 1 is 1.28 bits per heavy atom. The smallest absolute Gasteiger partial charge is 0.321 e. The predicted molar refractivity (Wildman–Crippen MR) is 98.9 cm³/mol. The number of aromatic nitrogens is 2. The lowest BCUT2D eigenvalue weighted by molar-refractivity contribution is -0.117. The Hall–Kier alpha value is -2.35. The SMILES string of the molecule is CCCNC(=O)NC(=O)CSc1nc2ccccc2c(=O)n1C(C)C. The van der Waals surface area contributed by atoms with Gasteiger partial charge in [0.15, 0.2) is 5.16 Å². The van der Waals surface area contributed by atoms with E-state index in [0.717, 1.165) is 18.2 Å². The molecule has 0 saturated carbocycles. The summed E-state index contributed by atoms with van der Waals surface area (Å²) in [6.07, 6.45) is 0.790. The molecule has 2 aromatic rings. The number of carbonyl (C=O) groups excluding carboxylic acids is 2. The molecule has 1 aromatic carbocycles. The second kappa shape index (κ2) is 8.66. The number of imide groups is 1. The van der Waals surface area contributed by atoms with Gasteiger partial charge in [-0.25, -0.2) is 9.78 Å². The number of urea groups is 1. The Morgan fingerprint density at radius 2 is 2.00 bits per heavy atom. The molecule has 134 valence electrons. The largest absolute Gasteiger partial charge is 0.338 e. The molecule has 1 heterocycles. The Balaban J connectivity index is 2.17. The van der Waals surface area contributed by atoms with Crippen LogP contribution < -0.4 is 16.2 Å². The van der Waals surface area contributed by atoms with E-state index < -0.39 is 11.9 Å². The van der Waals surface area contributed by atoms with Crippen molar-refractivity contribution in [3.63, 3.8) is 0 Å². The molecular weight excluding hydrogens is 340 g/mol. The molecule has 7 nitrogen and oxygen atoms in total. The highest BCUT2D eigenvalue weighted by molar-refractivity contribution is 7.99. The number of hydrogen-bond acceptors (Lipinski definition) is 5. The number of benzene rings is 1. The van der Waals surface area contributed by atoms with Gasteiger partial charge in [0.25, 0.3) is 5.56 Å². The summed E-state index contributed by atoms with van der Waals surface area (Å²) in [5, 5.41) is 5.84. The maximum Gasteiger partial charge on any atom is 0.321 e. The molecule has 3 amide bonds. The van der Waals surface area contributed by atoms with Crippen molar-refractivity contribution in [2.75, 3.05) is 12.3 Å². The van der Waals surface area contributed by atoms with Crippen LogP contribution >= 0.6 is 11.8 Å². The number of fused-ring (bicyclic) bond motifs is 1. The lowest BCUT2D eigenvalue weighted by atomic mass is 10.2. The van der Waals surface area contributed by atoms with Gasteiger partial charge in [0, 0.05) is 12.6 Å². The van der Waals surface area contributed by atoms with Crippen LogP contribution in [0.5, 0.6) is 0 Å². The normalized spacial score (nSPS) is 10.9. The molecule has 0 fully saturated rings. The van der Waals surface area contributed by atoms with Gasteiger partial charge in [-0.2, -0.15) is 0 Å². The van der Waals surface area contributed by atoms with E-state index >= 15 is 0 Å². The maximum atomic E-state index is 12.7. The highest BCUT2D eigenvalue weighted by atomic mass is 32.2. The van der Waals surface area contributed by atoms with E-state index in [0.29, 0.717) is 22.6 Å². The Kier molecular flexibility index (Phi) is 6.58. The zero-order valence-corrected chi connectivity index (χ0v) is 15.4. The van der Waals surface area contributed by atoms with Crippen LogP contribution in [0, 0.1) is 0 Å². The summed E-state index contributed by atoms with van der Waals surface area (Å²) >= 11 is 1.14. The summed E-state index contributed by atoms with van der Waals surface area (Å²) in [6.45, 7) is 6.21.